The van der Waals surface area contributed by atoms with Crippen LogP contribution in [-0.4, -0.2) is 63.0 Å². The van der Waals surface area contributed by atoms with Crippen LogP contribution >= 0.6 is 0 Å². The van der Waals surface area contributed by atoms with E-state index in [1.54, 1.807) is 6.07 Å². The molecule has 1 aromatic carbocycles. The molecule has 1 saturated heterocycles. The maximum atomic E-state index is 14.2. The van der Waals surface area contributed by atoms with Gasteiger partial charge in [-0.15, -0.1) is 0 Å². The van der Waals surface area contributed by atoms with Gasteiger partial charge in [0.05, 0.1) is 13.2 Å². The van der Waals surface area contributed by atoms with Gasteiger partial charge in [-0.25, -0.2) is 9.40 Å². The van der Waals surface area contributed by atoms with Crippen molar-refractivity contribution in [2.45, 2.75) is 20.4 Å². The lowest BCUT2D eigenvalue weighted by Gasteiger charge is -2.26. The van der Waals surface area contributed by atoms with Crippen molar-refractivity contribution in [3.63, 3.8) is 0 Å². The maximum absolute atomic E-state index is 14.2. The van der Waals surface area contributed by atoms with Crippen LogP contribution in [0.4, 0.5) is 8.78 Å². The molecule has 0 bridgehead atoms. The molecule has 1 aromatic rings. The fourth-order valence-corrected chi connectivity index (χ4v) is 2.76. The Morgan fingerprint density at radius 3 is 2.64 bits per heavy atom. The molecule has 0 spiro atoms. The first-order chi connectivity index (χ1) is 12.0. The quantitative estimate of drug-likeness (QED) is 0.686. The second-order valence-electron chi connectivity index (χ2n) is 6.76. The van der Waals surface area contributed by atoms with Gasteiger partial charge in [0.25, 0.3) is 0 Å². The summed E-state index contributed by atoms with van der Waals surface area (Å²) in [6.07, 6.45) is 0. The Hall–Kier alpha value is -1.28. The lowest BCUT2D eigenvalue weighted by molar-refractivity contribution is 0.0320. The van der Waals surface area contributed by atoms with E-state index in [0.29, 0.717) is 32.3 Å². The fraction of sp³-hybridized carbons (Fsp3) is 0.667. The van der Waals surface area contributed by atoms with Gasteiger partial charge in [-0.1, -0.05) is 19.9 Å². The van der Waals surface area contributed by atoms with Crippen LogP contribution in [0.5, 0.6) is 5.75 Å². The number of ether oxygens (including phenoxy) is 2. The lowest BCUT2D eigenvalue weighted by atomic mass is 10.2. The summed E-state index contributed by atoms with van der Waals surface area (Å²) in [4.78, 5) is 2.18. The van der Waals surface area contributed by atoms with Crippen molar-refractivity contribution in [3.8, 4) is 5.75 Å². The summed E-state index contributed by atoms with van der Waals surface area (Å²) >= 11 is 0. The third-order valence-corrected chi connectivity index (χ3v) is 4.07. The molecule has 142 valence electrons. The SMILES string of the molecule is CC(C)CN(C)NCc1ccc(OCCN2CCOCC2)c(F)c1F. The van der Waals surface area contributed by atoms with E-state index < -0.39 is 11.6 Å². The molecule has 0 saturated carbocycles. The first kappa shape index (κ1) is 20.0. The van der Waals surface area contributed by atoms with Crippen molar-refractivity contribution >= 4 is 0 Å². The molecule has 0 unspecified atom stereocenters. The van der Waals surface area contributed by atoms with Crippen LogP contribution in [0.25, 0.3) is 0 Å². The van der Waals surface area contributed by atoms with Crippen molar-refractivity contribution in [2.24, 2.45) is 5.92 Å². The minimum atomic E-state index is -0.923. The number of nitrogens with one attached hydrogen (secondary N) is 1. The summed E-state index contributed by atoms with van der Waals surface area (Å²) in [5.74, 6) is -1.33. The van der Waals surface area contributed by atoms with Gasteiger partial charge in [-0.05, 0) is 12.0 Å². The normalized spacial score (nSPS) is 16.0. The summed E-state index contributed by atoms with van der Waals surface area (Å²) in [6, 6.07) is 3.07. The molecule has 1 heterocycles. The van der Waals surface area contributed by atoms with Gasteiger partial charge in [0.2, 0.25) is 5.82 Å². The average molecular weight is 357 g/mol. The molecule has 1 N–H and O–H groups in total. The van der Waals surface area contributed by atoms with E-state index in [1.807, 2.05) is 12.1 Å². The summed E-state index contributed by atoms with van der Waals surface area (Å²) in [7, 11) is 1.89. The van der Waals surface area contributed by atoms with Crippen LogP contribution in [0.3, 0.4) is 0 Å². The monoisotopic (exact) mass is 357 g/mol. The van der Waals surface area contributed by atoms with Crippen LogP contribution in [0, 0.1) is 17.6 Å². The minimum absolute atomic E-state index is 0.0370. The molecule has 2 rings (SSSR count). The largest absolute Gasteiger partial charge is 0.489 e. The average Bonchev–Trinajstić information content (AvgIpc) is 2.58. The third kappa shape index (κ3) is 6.51. The Bertz CT molecular complexity index is 537. The number of halogens is 2. The number of benzene rings is 1. The van der Waals surface area contributed by atoms with E-state index in [4.69, 9.17) is 9.47 Å². The standard InChI is InChI=1S/C18H29F2N3O2/c1-14(2)13-22(3)21-12-15-4-5-16(18(20)17(15)19)25-11-8-23-6-9-24-10-7-23/h4-5,14,21H,6-13H2,1-3H3. The highest BCUT2D eigenvalue weighted by Crippen LogP contribution is 2.23. The molecule has 0 amide bonds. The van der Waals surface area contributed by atoms with Crippen molar-refractivity contribution in [1.82, 2.24) is 15.3 Å². The van der Waals surface area contributed by atoms with Crippen LogP contribution in [0.1, 0.15) is 19.4 Å². The van der Waals surface area contributed by atoms with Gasteiger partial charge >= 0.3 is 0 Å². The number of morpholine rings is 1. The number of hydrazine groups is 1. The van der Waals surface area contributed by atoms with Crippen molar-refractivity contribution in [2.75, 3.05) is 53.0 Å². The zero-order chi connectivity index (χ0) is 18.2. The van der Waals surface area contributed by atoms with E-state index >= 15 is 0 Å². The first-order valence-corrected chi connectivity index (χ1v) is 8.81. The highest BCUT2D eigenvalue weighted by molar-refractivity contribution is 5.31. The topological polar surface area (TPSA) is 37.0 Å². The van der Waals surface area contributed by atoms with E-state index in [9.17, 15) is 8.78 Å². The fourth-order valence-electron chi connectivity index (χ4n) is 2.76. The van der Waals surface area contributed by atoms with Crippen molar-refractivity contribution in [1.29, 1.82) is 0 Å². The second kappa shape index (κ2) is 10.0. The number of hydrogen-bond acceptors (Lipinski definition) is 5. The van der Waals surface area contributed by atoms with Gasteiger partial charge in [0.1, 0.15) is 6.61 Å². The van der Waals surface area contributed by atoms with Gasteiger partial charge in [-0.3, -0.25) is 10.3 Å². The third-order valence-electron chi connectivity index (χ3n) is 4.07. The zero-order valence-electron chi connectivity index (χ0n) is 15.4. The Labute approximate surface area is 148 Å². The molecule has 7 heteroatoms. The molecule has 25 heavy (non-hydrogen) atoms. The molecule has 1 fully saturated rings. The van der Waals surface area contributed by atoms with Crippen LogP contribution in [-0.2, 0) is 11.3 Å². The van der Waals surface area contributed by atoms with E-state index in [-0.39, 0.29) is 17.9 Å². The van der Waals surface area contributed by atoms with E-state index in [1.165, 1.54) is 6.07 Å². The molecule has 0 radical (unpaired) electrons. The predicted octanol–water partition coefficient (Wildman–Crippen LogP) is 2.27. The maximum Gasteiger partial charge on any atom is 0.200 e. The van der Waals surface area contributed by atoms with Gasteiger partial charge in [0.15, 0.2) is 11.6 Å². The van der Waals surface area contributed by atoms with E-state index in [0.717, 1.165) is 19.6 Å². The Morgan fingerprint density at radius 2 is 1.96 bits per heavy atom. The molecule has 1 aliphatic heterocycles. The second-order valence-corrected chi connectivity index (χ2v) is 6.76. The predicted molar refractivity (Wildman–Crippen MR) is 93.4 cm³/mol. The molecular formula is C18H29F2N3O2. The van der Waals surface area contributed by atoms with Gasteiger partial charge < -0.3 is 9.47 Å². The summed E-state index contributed by atoms with van der Waals surface area (Å²) in [5, 5.41) is 1.88. The molecule has 5 nitrogen and oxygen atoms in total. The molecular weight excluding hydrogens is 328 g/mol. The number of hydrogen-bond donors (Lipinski definition) is 1. The lowest BCUT2D eigenvalue weighted by Crippen LogP contribution is -2.38. The van der Waals surface area contributed by atoms with Crippen molar-refractivity contribution < 1.29 is 18.3 Å². The molecule has 1 aliphatic rings. The van der Waals surface area contributed by atoms with Crippen LogP contribution in [0.2, 0.25) is 0 Å². The smallest absolute Gasteiger partial charge is 0.200 e. The van der Waals surface area contributed by atoms with Crippen LogP contribution in [0.15, 0.2) is 12.1 Å². The number of nitrogens with zero attached hydrogens (tertiary/aromatic N) is 2. The molecule has 0 aromatic heterocycles. The highest BCUT2D eigenvalue weighted by atomic mass is 19.2. The summed E-state index contributed by atoms with van der Waals surface area (Å²) in [6.45, 7) is 9.35. The van der Waals surface area contributed by atoms with Crippen molar-refractivity contribution in [3.05, 3.63) is 29.3 Å². The molecule has 0 aliphatic carbocycles. The molecule has 0 atom stereocenters. The highest BCUT2D eigenvalue weighted by Gasteiger charge is 2.16. The van der Waals surface area contributed by atoms with E-state index in [2.05, 4.69) is 24.2 Å². The first-order valence-electron chi connectivity index (χ1n) is 8.81. The summed E-state index contributed by atoms with van der Waals surface area (Å²) in [5.41, 5.74) is 3.36. The Kier molecular flexibility index (Phi) is 8.02. The minimum Gasteiger partial charge on any atom is -0.489 e. The zero-order valence-corrected chi connectivity index (χ0v) is 15.4. The van der Waals surface area contributed by atoms with Gasteiger partial charge in [0, 0.05) is 45.3 Å². The van der Waals surface area contributed by atoms with Gasteiger partial charge in [-0.2, -0.15) is 4.39 Å². The Balaban J connectivity index is 1.83. The summed E-state index contributed by atoms with van der Waals surface area (Å²) < 4.78 is 39.1. The number of rotatable bonds is 9. The Morgan fingerprint density at radius 1 is 1.24 bits per heavy atom. The van der Waals surface area contributed by atoms with Crippen LogP contribution < -0.4 is 10.2 Å².